The zero-order chi connectivity index (χ0) is 37.3. The summed E-state index contributed by atoms with van der Waals surface area (Å²) in [5.74, 6) is 1.85. The number of para-hydroxylation sites is 1. The first-order chi connectivity index (χ1) is 27.7. The van der Waals surface area contributed by atoms with Gasteiger partial charge in [-0.3, -0.25) is 0 Å². The van der Waals surface area contributed by atoms with Gasteiger partial charge in [-0.1, -0.05) is 146 Å². The molecule has 5 heteroatoms. The standard InChI is InChI=1S/C51H34N4O/c1-5-13-35(14-6-1)36-21-27-43(28-22-36)55(42-19-11-4-12-20-42)44-29-23-37(24-30-44)40-25-31-45-46-32-26-41(34-48(46)56-47(45)33-40)51-53-49(38-15-7-2-8-16-38)52-50(54-51)39-17-9-3-10-18-39/h1-34H. The van der Waals surface area contributed by atoms with E-state index in [0.717, 1.165) is 66.8 Å². The molecule has 0 saturated carbocycles. The Morgan fingerprint density at radius 1 is 0.286 bits per heavy atom. The Morgan fingerprint density at radius 3 is 1.12 bits per heavy atom. The number of rotatable bonds is 8. The number of hydrogen-bond acceptors (Lipinski definition) is 5. The Labute approximate surface area is 324 Å². The predicted octanol–water partition coefficient (Wildman–Crippen LogP) is 13.6. The molecule has 0 fully saturated rings. The third-order valence-electron chi connectivity index (χ3n) is 10.1. The summed E-state index contributed by atoms with van der Waals surface area (Å²) in [6.45, 7) is 0. The Bertz CT molecular complexity index is 2870. The summed E-state index contributed by atoms with van der Waals surface area (Å²) in [4.78, 5) is 17.0. The fourth-order valence-corrected chi connectivity index (χ4v) is 7.29. The minimum absolute atomic E-state index is 0.595. The van der Waals surface area contributed by atoms with E-state index < -0.39 is 0 Å². The Balaban J connectivity index is 0.976. The average molecular weight is 719 g/mol. The molecule has 0 atom stereocenters. The van der Waals surface area contributed by atoms with E-state index in [4.69, 9.17) is 19.4 Å². The summed E-state index contributed by atoms with van der Waals surface area (Å²) in [5.41, 5.74) is 12.2. The van der Waals surface area contributed by atoms with Crippen molar-refractivity contribution in [3.63, 3.8) is 0 Å². The molecule has 2 aromatic heterocycles. The van der Waals surface area contributed by atoms with E-state index in [1.165, 1.54) is 11.1 Å². The van der Waals surface area contributed by atoms with Gasteiger partial charge in [0.05, 0.1) is 0 Å². The van der Waals surface area contributed by atoms with E-state index in [1.54, 1.807) is 0 Å². The molecule has 0 aliphatic carbocycles. The molecule has 10 rings (SSSR count). The molecule has 0 unspecified atom stereocenters. The SMILES string of the molecule is c1ccc(-c2ccc(N(c3ccccc3)c3ccc(-c4ccc5c(c4)oc4cc(-c6nc(-c7ccccc7)nc(-c7ccccc7)n6)ccc45)cc3)cc2)cc1. The molecule has 0 aliphatic rings. The number of furan rings is 1. The number of aromatic nitrogens is 3. The van der Waals surface area contributed by atoms with Crippen LogP contribution < -0.4 is 4.90 Å². The first-order valence-electron chi connectivity index (χ1n) is 18.7. The smallest absolute Gasteiger partial charge is 0.164 e. The Morgan fingerprint density at radius 2 is 0.625 bits per heavy atom. The Hall–Kier alpha value is -7.63. The number of anilines is 3. The van der Waals surface area contributed by atoms with Crippen LogP contribution in [0.25, 0.3) is 78.4 Å². The van der Waals surface area contributed by atoms with Gasteiger partial charge >= 0.3 is 0 Å². The highest BCUT2D eigenvalue weighted by atomic mass is 16.3. The summed E-state index contributed by atoms with van der Waals surface area (Å²) in [6, 6.07) is 71.2. The lowest BCUT2D eigenvalue weighted by Crippen LogP contribution is -2.09. The summed E-state index contributed by atoms with van der Waals surface area (Å²) in [6.07, 6.45) is 0. The van der Waals surface area contributed by atoms with Gasteiger partial charge in [0.2, 0.25) is 0 Å². The second kappa shape index (κ2) is 14.3. The van der Waals surface area contributed by atoms with Crippen molar-refractivity contribution >= 4 is 39.0 Å². The summed E-state index contributed by atoms with van der Waals surface area (Å²) >= 11 is 0. The quantitative estimate of drug-likeness (QED) is 0.157. The van der Waals surface area contributed by atoms with Crippen LogP contribution in [0.5, 0.6) is 0 Å². The van der Waals surface area contributed by atoms with Crippen LogP contribution in [0.1, 0.15) is 0 Å². The zero-order valence-corrected chi connectivity index (χ0v) is 30.3. The highest BCUT2D eigenvalue weighted by Gasteiger charge is 2.16. The lowest BCUT2D eigenvalue weighted by atomic mass is 10.0. The van der Waals surface area contributed by atoms with Crippen molar-refractivity contribution in [3.8, 4) is 56.4 Å². The third-order valence-corrected chi connectivity index (χ3v) is 10.1. The fourth-order valence-electron chi connectivity index (χ4n) is 7.29. The van der Waals surface area contributed by atoms with Gasteiger partial charge < -0.3 is 9.32 Å². The fraction of sp³-hybridized carbons (Fsp3) is 0. The largest absolute Gasteiger partial charge is 0.456 e. The topological polar surface area (TPSA) is 55.1 Å². The van der Waals surface area contributed by atoms with E-state index in [9.17, 15) is 0 Å². The molecule has 0 bridgehead atoms. The van der Waals surface area contributed by atoms with Gasteiger partial charge in [0.15, 0.2) is 17.5 Å². The van der Waals surface area contributed by atoms with Gasteiger partial charge in [0.25, 0.3) is 0 Å². The summed E-state index contributed by atoms with van der Waals surface area (Å²) in [7, 11) is 0. The molecule has 10 aromatic rings. The van der Waals surface area contributed by atoms with Crippen LogP contribution in [0.15, 0.2) is 211 Å². The second-order valence-corrected chi connectivity index (χ2v) is 13.7. The second-order valence-electron chi connectivity index (χ2n) is 13.7. The maximum atomic E-state index is 6.55. The molecule has 264 valence electrons. The molecule has 0 aliphatic heterocycles. The molecule has 0 spiro atoms. The van der Waals surface area contributed by atoms with Crippen molar-refractivity contribution in [2.24, 2.45) is 0 Å². The summed E-state index contributed by atoms with van der Waals surface area (Å²) in [5, 5.41) is 2.11. The Kier molecular flexibility index (Phi) is 8.43. The predicted molar refractivity (Wildman–Crippen MR) is 229 cm³/mol. The van der Waals surface area contributed by atoms with Gasteiger partial charge in [0.1, 0.15) is 11.2 Å². The molecule has 56 heavy (non-hydrogen) atoms. The summed E-state index contributed by atoms with van der Waals surface area (Å²) < 4.78 is 6.55. The van der Waals surface area contributed by atoms with Crippen LogP contribution in [-0.4, -0.2) is 15.0 Å². The molecule has 2 heterocycles. The number of benzene rings is 8. The maximum Gasteiger partial charge on any atom is 0.164 e. The maximum absolute atomic E-state index is 6.55. The van der Waals surface area contributed by atoms with Crippen molar-refractivity contribution in [3.05, 3.63) is 206 Å². The van der Waals surface area contributed by atoms with Crippen LogP contribution in [0.2, 0.25) is 0 Å². The first kappa shape index (κ1) is 33.0. The van der Waals surface area contributed by atoms with Crippen molar-refractivity contribution in [1.29, 1.82) is 0 Å². The van der Waals surface area contributed by atoms with Crippen molar-refractivity contribution in [1.82, 2.24) is 15.0 Å². The third kappa shape index (κ3) is 6.37. The van der Waals surface area contributed by atoms with Gasteiger partial charge in [0, 0.05) is 44.5 Å². The first-order valence-corrected chi connectivity index (χ1v) is 18.7. The number of hydrogen-bond donors (Lipinski definition) is 0. The molecular formula is C51H34N4O. The molecule has 0 radical (unpaired) electrons. The molecule has 0 N–H and O–H groups in total. The van der Waals surface area contributed by atoms with Crippen molar-refractivity contribution in [2.75, 3.05) is 4.90 Å². The van der Waals surface area contributed by atoms with Crippen LogP contribution in [0.3, 0.4) is 0 Å². The van der Waals surface area contributed by atoms with E-state index in [1.807, 2.05) is 72.8 Å². The molecule has 8 aromatic carbocycles. The molecular weight excluding hydrogens is 685 g/mol. The lowest BCUT2D eigenvalue weighted by Gasteiger charge is -2.26. The molecule has 0 amide bonds. The van der Waals surface area contributed by atoms with E-state index in [-0.39, 0.29) is 0 Å². The van der Waals surface area contributed by atoms with Crippen molar-refractivity contribution < 1.29 is 4.42 Å². The van der Waals surface area contributed by atoms with Crippen LogP contribution in [0, 0.1) is 0 Å². The van der Waals surface area contributed by atoms with E-state index in [0.29, 0.717) is 17.5 Å². The molecule has 0 saturated heterocycles. The van der Waals surface area contributed by atoms with E-state index in [2.05, 4.69) is 138 Å². The van der Waals surface area contributed by atoms with Gasteiger partial charge in [-0.2, -0.15) is 0 Å². The number of fused-ring (bicyclic) bond motifs is 3. The van der Waals surface area contributed by atoms with Gasteiger partial charge in [-0.25, -0.2) is 15.0 Å². The van der Waals surface area contributed by atoms with Crippen LogP contribution >= 0.6 is 0 Å². The number of nitrogens with zero attached hydrogens (tertiary/aromatic N) is 4. The minimum atomic E-state index is 0.595. The average Bonchev–Trinajstić information content (AvgIpc) is 3.65. The van der Waals surface area contributed by atoms with Crippen molar-refractivity contribution in [2.45, 2.75) is 0 Å². The van der Waals surface area contributed by atoms with Gasteiger partial charge in [-0.15, -0.1) is 0 Å². The van der Waals surface area contributed by atoms with Crippen LogP contribution in [0.4, 0.5) is 17.1 Å². The zero-order valence-electron chi connectivity index (χ0n) is 30.3. The normalized spacial score (nSPS) is 11.2. The lowest BCUT2D eigenvalue weighted by molar-refractivity contribution is 0.669. The highest BCUT2D eigenvalue weighted by Crippen LogP contribution is 2.38. The monoisotopic (exact) mass is 718 g/mol. The highest BCUT2D eigenvalue weighted by molar-refractivity contribution is 6.06. The van der Waals surface area contributed by atoms with Gasteiger partial charge in [-0.05, 0) is 82.9 Å². The minimum Gasteiger partial charge on any atom is -0.456 e. The van der Waals surface area contributed by atoms with Crippen LogP contribution in [-0.2, 0) is 0 Å². The van der Waals surface area contributed by atoms with E-state index >= 15 is 0 Å². The molecule has 5 nitrogen and oxygen atoms in total.